The molecule has 7 nitrogen and oxygen atoms in total. The summed E-state index contributed by atoms with van der Waals surface area (Å²) in [5, 5.41) is 0.700. The Kier molecular flexibility index (Phi) is 3.57. The summed E-state index contributed by atoms with van der Waals surface area (Å²) in [5.74, 6) is 2.42. The van der Waals surface area contributed by atoms with Gasteiger partial charge in [0.25, 0.3) is 0 Å². The summed E-state index contributed by atoms with van der Waals surface area (Å²) < 4.78 is 0. The minimum Gasteiger partial charge on any atom is -0.382 e. The molecule has 3 heterocycles. The number of nitrogens with zero attached hydrogens (tertiary/aromatic N) is 5. The highest BCUT2D eigenvalue weighted by molar-refractivity contribution is 6.31. The lowest BCUT2D eigenvalue weighted by Crippen LogP contribution is -2.47. The molecule has 8 heteroatoms. The smallest absolute Gasteiger partial charge is 0.158 e. The van der Waals surface area contributed by atoms with Gasteiger partial charge in [-0.3, -0.25) is 4.99 Å². The lowest BCUT2D eigenvalue weighted by Gasteiger charge is -2.39. The van der Waals surface area contributed by atoms with Gasteiger partial charge < -0.3 is 15.6 Å². The summed E-state index contributed by atoms with van der Waals surface area (Å²) in [6, 6.07) is 5.66. The summed E-state index contributed by atoms with van der Waals surface area (Å²) >= 11 is 6.03. The van der Waals surface area contributed by atoms with Crippen LogP contribution in [-0.4, -0.2) is 45.9 Å². The van der Waals surface area contributed by atoms with Crippen LogP contribution in [0.5, 0.6) is 0 Å². The van der Waals surface area contributed by atoms with Crippen LogP contribution >= 0.6 is 11.6 Å². The maximum absolute atomic E-state index is 6.03. The number of aliphatic imine (C=N–C) groups is 1. The molecule has 0 saturated carbocycles. The second-order valence-electron chi connectivity index (χ2n) is 5.72. The number of amidine groups is 1. The summed E-state index contributed by atoms with van der Waals surface area (Å²) in [4.78, 5) is 22.8. The lowest BCUT2D eigenvalue weighted by molar-refractivity contribution is 0.500. The average molecular weight is 342 g/mol. The zero-order chi connectivity index (χ0) is 16.7. The summed E-state index contributed by atoms with van der Waals surface area (Å²) in [6.07, 6.45) is 3.29. The van der Waals surface area contributed by atoms with Crippen molar-refractivity contribution in [1.29, 1.82) is 0 Å². The van der Waals surface area contributed by atoms with Crippen molar-refractivity contribution in [3.05, 3.63) is 47.1 Å². The van der Waals surface area contributed by atoms with Crippen molar-refractivity contribution in [3.8, 4) is 0 Å². The Morgan fingerprint density at radius 2 is 2.12 bits per heavy atom. The molecule has 122 valence electrons. The second-order valence-corrected chi connectivity index (χ2v) is 6.16. The van der Waals surface area contributed by atoms with Crippen LogP contribution in [0.4, 0.5) is 5.82 Å². The molecule has 1 aliphatic rings. The highest BCUT2D eigenvalue weighted by Crippen LogP contribution is 2.31. The number of aromatic amines is 1. The first kappa shape index (κ1) is 14.9. The number of H-pyrrole nitrogens is 1. The Bertz CT molecular complexity index is 927. The molecule has 0 aliphatic carbocycles. The fourth-order valence-corrected chi connectivity index (χ4v) is 3.04. The van der Waals surface area contributed by atoms with Gasteiger partial charge >= 0.3 is 0 Å². The molecule has 1 aromatic carbocycles. The maximum Gasteiger partial charge on any atom is 0.158 e. The number of nitrogens with two attached hydrogens (primary N) is 1. The van der Waals surface area contributed by atoms with E-state index in [1.165, 1.54) is 0 Å². The molecule has 4 rings (SSSR count). The Balaban J connectivity index is 1.56. The Labute approximate surface area is 143 Å². The number of aromatic nitrogens is 4. The van der Waals surface area contributed by atoms with Gasteiger partial charge in [-0.25, -0.2) is 15.0 Å². The van der Waals surface area contributed by atoms with Crippen molar-refractivity contribution < 1.29 is 0 Å². The SMILES string of the molecule is CN=C(N)c1nccnc1N1CC(c2nc3ccc(Cl)cc3[nH]2)C1. The zero-order valence-electron chi connectivity index (χ0n) is 13.1. The van der Waals surface area contributed by atoms with Crippen LogP contribution in [-0.2, 0) is 0 Å². The third-order valence-electron chi connectivity index (χ3n) is 4.19. The van der Waals surface area contributed by atoms with Gasteiger partial charge in [0, 0.05) is 37.6 Å². The van der Waals surface area contributed by atoms with Crippen LogP contribution in [0.15, 0.2) is 35.6 Å². The quantitative estimate of drug-likeness (QED) is 0.560. The molecular formula is C16H16ClN7. The van der Waals surface area contributed by atoms with E-state index < -0.39 is 0 Å². The van der Waals surface area contributed by atoms with Crippen molar-refractivity contribution >= 4 is 34.3 Å². The second kappa shape index (κ2) is 5.76. The van der Waals surface area contributed by atoms with E-state index >= 15 is 0 Å². The molecule has 1 saturated heterocycles. The number of rotatable bonds is 3. The number of hydrogen-bond acceptors (Lipinski definition) is 5. The number of nitrogens with one attached hydrogen (secondary N) is 1. The fraction of sp³-hybridized carbons (Fsp3) is 0.250. The first-order valence-corrected chi connectivity index (χ1v) is 7.97. The standard InChI is InChI=1S/C16H16ClN7/c1-19-14(18)13-16(21-5-4-20-13)24-7-9(8-24)15-22-11-3-2-10(17)6-12(11)23-15/h2-6,9H,7-8H2,1H3,(H2,18,19)(H,22,23). The van der Waals surface area contributed by atoms with Crippen molar-refractivity contribution in [2.45, 2.75) is 5.92 Å². The molecule has 0 spiro atoms. The Hall–Kier alpha value is -2.67. The van der Waals surface area contributed by atoms with Gasteiger partial charge in [-0.05, 0) is 18.2 Å². The van der Waals surface area contributed by atoms with Gasteiger partial charge in [0.15, 0.2) is 5.82 Å². The number of hydrogen-bond donors (Lipinski definition) is 2. The first-order valence-electron chi connectivity index (χ1n) is 7.59. The number of anilines is 1. The minimum atomic E-state index is 0.311. The molecule has 0 bridgehead atoms. The van der Waals surface area contributed by atoms with Crippen LogP contribution < -0.4 is 10.6 Å². The van der Waals surface area contributed by atoms with E-state index in [1.54, 1.807) is 19.4 Å². The largest absolute Gasteiger partial charge is 0.382 e. The maximum atomic E-state index is 6.03. The highest BCUT2D eigenvalue weighted by Gasteiger charge is 2.33. The van der Waals surface area contributed by atoms with E-state index in [9.17, 15) is 0 Å². The molecule has 3 N–H and O–H groups in total. The molecule has 1 aliphatic heterocycles. The molecular weight excluding hydrogens is 326 g/mol. The van der Waals surface area contributed by atoms with Crippen LogP contribution in [0.2, 0.25) is 5.02 Å². The van der Waals surface area contributed by atoms with Crippen molar-refractivity contribution in [2.24, 2.45) is 10.7 Å². The first-order chi connectivity index (χ1) is 11.7. The lowest BCUT2D eigenvalue weighted by atomic mass is 9.99. The van der Waals surface area contributed by atoms with E-state index in [4.69, 9.17) is 17.3 Å². The number of halogens is 1. The number of fused-ring (bicyclic) bond motifs is 1. The van der Waals surface area contributed by atoms with Gasteiger partial charge in [-0.1, -0.05) is 11.6 Å². The van der Waals surface area contributed by atoms with E-state index in [2.05, 4.69) is 29.8 Å². The minimum absolute atomic E-state index is 0.311. The average Bonchev–Trinajstić information content (AvgIpc) is 2.95. The summed E-state index contributed by atoms with van der Waals surface area (Å²) in [5.41, 5.74) is 8.42. The van der Waals surface area contributed by atoms with E-state index in [-0.39, 0.29) is 0 Å². The molecule has 1 fully saturated rings. The number of imidazole rings is 1. The van der Waals surface area contributed by atoms with E-state index in [0.717, 1.165) is 35.8 Å². The monoisotopic (exact) mass is 341 g/mol. The van der Waals surface area contributed by atoms with Crippen molar-refractivity contribution in [2.75, 3.05) is 25.0 Å². The summed E-state index contributed by atoms with van der Waals surface area (Å²) in [6.45, 7) is 1.60. The van der Waals surface area contributed by atoms with Crippen LogP contribution in [0.3, 0.4) is 0 Å². The van der Waals surface area contributed by atoms with E-state index in [0.29, 0.717) is 22.5 Å². The van der Waals surface area contributed by atoms with Gasteiger partial charge in [0.2, 0.25) is 0 Å². The van der Waals surface area contributed by atoms with Gasteiger partial charge in [0.05, 0.1) is 17.0 Å². The van der Waals surface area contributed by atoms with Gasteiger partial charge in [-0.15, -0.1) is 0 Å². The van der Waals surface area contributed by atoms with Crippen LogP contribution in [0.25, 0.3) is 11.0 Å². The topological polar surface area (TPSA) is 96.1 Å². The Morgan fingerprint density at radius 1 is 1.33 bits per heavy atom. The van der Waals surface area contributed by atoms with Gasteiger partial charge in [0.1, 0.15) is 17.4 Å². The predicted octanol–water partition coefficient (Wildman–Crippen LogP) is 1.95. The number of benzene rings is 1. The molecule has 0 atom stereocenters. The Morgan fingerprint density at radius 3 is 2.92 bits per heavy atom. The molecule has 3 aromatic rings. The zero-order valence-corrected chi connectivity index (χ0v) is 13.8. The van der Waals surface area contributed by atoms with Crippen molar-refractivity contribution in [1.82, 2.24) is 19.9 Å². The van der Waals surface area contributed by atoms with E-state index in [1.807, 2.05) is 18.2 Å². The molecule has 0 radical (unpaired) electrons. The van der Waals surface area contributed by atoms with Gasteiger partial charge in [-0.2, -0.15) is 0 Å². The third-order valence-corrected chi connectivity index (χ3v) is 4.43. The molecule has 0 unspecified atom stereocenters. The third kappa shape index (κ3) is 2.46. The van der Waals surface area contributed by atoms with Crippen molar-refractivity contribution in [3.63, 3.8) is 0 Å². The van der Waals surface area contributed by atoms with Crippen LogP contribution in [0, 0.1) is 0 Å². The highest BCUT2D eigenvalue weighted by atomic mass is 35.5. The normalized spacial score (nSPS) is 15.8. The molecule has 24 heavy (non-hydrogen) atoms. The van der Waals surface area contributed by atoms with Crippen LogP contribution in [0.1, 0.15) is 17.4 Å². The summed E-state index contributed by atoms with van der Waals surface area (Å²) in [7, 11) is 1.65. The predicted molar refractivity (Wildman–Crippen MR) is 94.7 cm³/mol. The molecule has 2 aromatic heterocycles. The molecule has 0 amide bonds. The fourth-order valence-electron chi connectivity index (χ4n) is 2.87.